The highest BCUT2D eigenvalue weighted by molar-refractivity contribution is 5.93. The number of hydrogen-bond acceptors (Lipinski definition) is 5. The molecule has 0 aliphatic carbocycles. The van der Waals surface area contributed by atoms with Crippen LogP contribution in [0.5, 0.6) is 0 Å². The van der Waals surface area contributed by atoms with Gasteiger partial charge in [-0.1, -0.05) is 29.4 Å². The van der Waals surface area contributed by atoms with E-state index >= 15 is 0 Å². The molecule has 3 rings (SSSR count). The first kappa shape index (κ1) is 12.6. The Bertz CT molecular complexity index is 637. The van der Waals surface area contributed by atoms with Crippen molar-refractivity contribution in [1.29, 1.82) is 0 Å². The molecule has 20 heavy (non-hydrogen) atoms. The fourth-order valence-electron chi connectivity index (χ4n) is 2.34. The molecule has 1 aliphatic rings. The van der Waals surface area contributed by atoms with E-state index in [1.807, 2.05) is 12.1 Å². The molecule has 0 spiro atoms. The molecule has 0 radical (unpaired) electrons. The Labute approximate surface area is 115 Å². The summed E-state index contributed by atoms with van der Waals surface area (Å²) < 4.78 is 7.44. The Morgan fingerprint density at radius 2 is 2.35 bits per heavy atom. The summed E-state index contributed by atoms with van der Waals surface area (Å²) in [5.41, 5.74) is 7.93. The van der Waals surface area contributed by atoms with Crippen molar-refractivity contribution in [3.63, 3.8) is 0 Å². The van der Waals surface area contributed by atoms with Crippen molar-refractivity contribution >= 4 is 5.84 Å². The van der Waals surface area contributed by atoms with Crippen LogP contribution in [0.2, 0.25) is 0 Å². The predicted octanol–water partition coefficient (Wildman–Crippen LogP) is 0.687. The van der Waals surface area contributed by atoms with E-state index in [1.165, 1.54) is 11.1 Å². The SMILES string of the molecule is NC(=NO)c1ncn(CC2OCCc3ccccc32)n1. The zero-order chi connectivity index (χ0) is 13.9. The van der Waals surface area contributed by atoms with E-state index in [9.17, 15) is 0 Å². The molecule has 0 saturated heterocycles. The highest BCUT2D eigenvalue weighted by atomic mass is 16.5. The molecule has 2 aromatic rings. The minimum Gasteiger partial charge on any atom is -0.409 e. The van der Waals surface area contributed by atoms with Crippen LogP contribution < -0.4 is 5.73 Å². The molecular formula is C13H15N5O2. The zero-order valence-corrected chi connectivity index (χ0v) is 10.8. The number of hydrogen-bond donors (Lipinski definition) is 2. The Hall–Kier alpha value is -2.41. The average molecular weight is 273 g/mol. The van der Waals surface area contributed by atoms with Crippen molar-refractivity contribution in [2.24, 2.45) is 10.9 Å². The van der Waals surface area contributed by atoms with Crippen molar-refractivity contribution in [3.8, 4) is 0 Å². The van der Waals surface area contributed by atoms with Crippen molar-refractivity contribution in [3.05, 3.63) is 47.5 Å². The number of amidine groups is 1. The number of ether oxygens (including phenoxy) is 1. The summed E-state index contributed by atoms with van der Waals surface area (Å²) in [6, 6.07) is 8.23. The zero-order valence-electron chi connectivity index (χ0n) is 10.8. The van der Waals surface area contributed by atoms with Crippen LogP contribution in [0.15, 0.2) is 35.7 Å². The molecule has 0 bridgehead atoms. The van der Waals surface area contributed by atoms with Gasteiger partial charge in [-0.3, -0.25) is 0 Å². The molecule has 104 valence electrons. The molecule has 1 unspecified atom stereocenters. The molecule has 0 amide bonds. The van der Waals surface area contributed by atoms with Gasteiger partial charge in [0.25, 0.3) is 0 Å². The number of aromatic nitrogens is 3. The van der Waals surface area contributed by atoms with Gasteiger partial charge in [0.05, 0.1) is 13.2 Å². The molecule has 1 aromatic heterocycles. The van der Waals surface area contributed by atoms with E-state index in [0.29, 0.717) is 13.2 Å². The molecule has 0 saturated carbocycles. The molecule has 0 fully saturated rings. The van der Waals surface area contributed by atoms with Crippen LogP contribution in [0, 0.1) is 0 Å². The minimum absolute atomic E-state index is 0.0539. The average Bonchev–Trinajstić information content (AvgIpc) is 2.95. The van der Waals surface area contributed by atoms with Gasteiger partial charge in [-0.05, 0) is 17.5 Å². The number of rotatable bonds is 3. The minimum atomic E-state index is -0.103. The number of fused-ring (bicyclic) bond motifs is 1. The smallest absolute Gasteiger partial charge is 0.219 e. The van der Waals surface area contributed by atoms with Crippen LogP contribution in [-0.2, 0) is 17.7 Å². The highest BCUT2D eigenvalue weighted by Gasteiger charge is 2.21. The van der Waals surface area contributed by atoms with E-state index in [1.54, 1.807) is 11.0 Å². The molecule has 3 N–H and O–H groups in total. The summed E-state index contributed by atoms with van der Waals surface area (Å²) in [5.74, 6) is 0.102. The van der Waals surface area contributed by atoms with Gasteiger partial charge in [-0.2, -0.15) is 0 Å². The predicted molar refractivity (Wildman–Crippen MR) is 71.4 cm³/mol. The number of nitrogens with two attached hydrogens (primary N) is 1. The number of oxime groups is 1. The summed E-state index contributed by atoms with van der Waals surface area (Å²) in [6.45, 7) is 1.24. The van der Waals surface area contributed by atoms with Gasteiger partial charge in [0, 0.05) is 0 Å². The quantitative estimate of drug-likeness (QED) is 0.371. The molecule has 1 aromatic carbocycles. The number of nitrogens with zero attached hydrogens (tertiary/aromatic N) is 4. The largest absolute Gasteiger partial charge is 0.409 e. The van der Waals surface area contributed by atoms with Crippen LogP contribution in [0.25, 0.3) is 0 Å². The third-order valence-electron chi connectivity index (χ3n) is 3.32. The lowest BCUT2D eigenvalue weighted by Gasteiger charge is -2.25. The highest BCUT2D eigenvalue weighted by Crippen LogP contribution is 2.27. The first-order valence-electron chi connectivity index (χ1n) is 6.34. The molecule has 7 nitrogen and oxygen atoms in total. The fourth-order valence-corrected chi connectivity index (χ4v) is 2.34. The normalized spacial score (nSPS) is 18.8. The lowest BCUT2D eigenvalue weighted by Crippen LogP contribution is -2.21. The number of benzene rings is 1. The van der Waals surface area contributed by atoms with Crippen LogP contribution >= 0.6 is 0 Å². The topological polar surface area (TPSA) is 98.6 Å². The molecular weight excluding hydrogens is 258 g/mol. The third kappa shape index (κ3) is 2.35. The Kier molecular flexibility index (Phi) is 3.34. The fraction of sp³-hybridized carbons (Fsp3) is 0.308. The summed E-state index contributed by atoms with van der Waals surface area (Å²) >= 11 is 0. The van der Waals surface area contributed by atoms with Gasteiger partial charge in [-0.25, -0.2) is 9.67 Å². The maximum absolute atomic E-state index is 8.60. The maximum Gasteiger partial charge on any atom is 0.219 e. The van der Waals surface area contributed by atoms with Crippen LogP contribution in [0.3, 0.4) is 0 Å². The summed E-state index contributed by atoms with van der Waals surface area (Å²) in [7, 11) is 0. The Balaban J connectivity index is 1.81. The van der Waals surface area contributed by atoms with Gasteiger partial charge in [0.2, 0.25) is 11.7 Å². The van der Waals surface area contributed by atoms with E-state index in [2.05, 4.69) is 27.4 Å². The van der Waals surface area contributed by atoms with Crippen molar-refractivity contribution < 1.29 is 9.94 Å². The summed E-state index contributed by atoms with van der Waals surface area (Å²) in [4.78, 5) is 3.99. The second-order valence-corrected chi connectivity index (χ2v) is 4.58. The van der Waals surface area contributed by atoms with E-state index in [0.717, 1.165) is 6.42 Å². The van der Waals surface area contributed by atoms with Gasteiger partial charge < -0.3 is 15.7 Å². The molecule has 7 heteroatoms. The van der Waals surface area contributed by atoms with Crippen LogP contribution in [-0.4, -0.2) is 32.4 Å². The van der Waals surface area contributed by atoms with Crippen LogP contribution in [0.1, 0.15) is 23.1 Å². The molecule has 2 heterocycles. The first-order chi connectivity index (χ1) is 9.78. The van der Waals surface area contributed by atoms with Crippen molar-refractivity contribution in [2.75, 3.05) is 6.61 Å². The summed E-state index contributed by atoms with van der Waals surface area (Å²) in [5, 5.41) is 15.6. The van der Waals surface area contributed by atoms with E-state index in [4.69, 9.17) is 15.7 Å². The van der Waals surface area contributed by atoms with Gasteiger partial charge in [0.1, 0.15) is 12.4 Å². The van der Waals surface area contributed by atoms with Crippen molar-refractivity contribution in [2.45, 2.75) is 19.1 Å². The molecule has 1 atom stereocenters. The second-order valence-electron chi connectivity index (χ2n) is 4.58. The lowest BCUT2D eigenvalue weighted by molar-refractivity contribution is 0.0282. The third-order valence-corrected chi connectivity index (χ3v) is 3.32. The first-order valence-corrected chi connectivity index (χ1v) is 6.34. The maximum atomic E-state index is 8.60. The lowest BCUT2D eigenvalue weighted by atomic mass is 9.98. The van der Waals surface area contributed by atoms with Gasteiger partial charge in [0.15, 0.2) is 0 Å². The second kappa shape index (κ2) is 5.30. The van der Waals surface area contributed by atoms with Crippen molar-refractivity contribution in [1.82, 2.24) is 14.8 Å². The standard InChI is InChI=1S/C13H15N5O2/c14-12(17-19)13-15-8-18(16-13)7-11-10-4-2-1-3-9(10)5-6-20-11/h1-4,8,11,19H,5-7H2,(H2,14,17). The van der Waals surface area contributed by atoms with Gasteiger partial charge in [-0.15, -0.1) is 5.10 Å². The van der Waals surface area contributed by atoms with E-state index < -0.39 is 0 Å². The van der Waals surface area contributed by atoms with Gasteiger partial charge >= 0.3 is 0 Å². The Morgan fingerprint density at radius 1 is 1.50 bits per heavy atom. The van der Waals surface area contributed by atoms with E-state index in [-0.39, 0.29) is 17.8 Å². The molecule has 1 aliphatic heterocycles. The van der Waals surface area contributed by atoms with Crippen LogP contribution in [0.4, 0.5) is 0 Å². The monoisotopic (exact) mass is 273 g/mol. The summed E-state index contributed by atoms with van der Waals surface area (Å²) in [6.07, 6.45) is 2.43. The Morgan fingerprint density at radius 3 is 3.20 bits per heavy atom.